The quantitative estimate of drug-likeness (QED) is 0.485. The van der Waals surface area contributed by atoms with Crippen LogP contribution in [0.25, 0.3) is 11.2 Å². The van der Waals surface area contributed by atoms with Gasteiger partial charge in [0.15, 0.2) is 11.2 Å². The number of hydrogen-bond acceptors (Lipinski definition) is 6. The van der Waals surface area contributed by atoms with E-state index in [4.69, 9.17) is 14.5 Å². The number of esters is 1. The Hall–Kier alpha value is -3.16. The zero-order chi connectivity index (χ0) is 24.2. The Labute approximate surface area is 204 Å². The fraction of sp³-hybridized carbons (Fsp3) is 0.556. The van der Waals surface area contributed by atoms with E-state index in [1.54, 1.807) is 29.7 Å². The number of aromatic amines is 1. The molecule has 4 aliphatic rings. The lowest BCUT2D eigenvalue weighted by atomic mass is 9.69. The van der Waals surface area contributed by atoms with Crippen molar-refractivity contribution >= 4 is 17.1 Å². The number of carbonyl (C=O) groups is 1. The largest absolute Gasteiger partial charge is 0.462 e. The molecule has 2 aromatic heterocycles. The van der Waals surface area contributed by atoms with Crippen molar-refractivity contribution in [1.29, 1.82) is 0 Å². The number of ether oxygens (including phenoxy) is 2. The third-order valence-corrected chi connectivity index (χ3v) is 8.26. The van der Waals surface area contributed by atoms with Gasteiger partial charge in [0.1, 0.15) is 12.4 Å². The number of nitrogens with zero attached hydrogens (tertiary/aromatic N) is 3. The summed E-state index contributed by atoms with van der Waals surface area (Å²) < 4.78 is 12.7. The van der Waals surface area contributed by atoms with Gasteiger partial charge >= 0.3 is 12.0 Å². The molecule has 8 nitrogen and oxygen atoms in total. The average Bonchev–Trinajstić information content (AvgIpc) is 3.49. The van der Waals surface area contributed by atoms with Crippen LogP contribution in [-0.4, -0.2) is 32.1 Å². The van der Waals surface area contributed by atoms with Gasteiger partial charge in [0.2, 0.25) is 0 Å². The summed E-state index contributed by atoms with van der Waals surface area (Å²) in [4.78, 5) is 38.5. The number of hydrogen-bond donors (Lipinski definition) is 1. The van der Waals surface area contributed by atoms with Crippen LogP contribution >= 0.6 is 0 Å². The molecule has 0 spiro atoms. The summed E-state index contributed by atoms with van der Waals surface area (Å²) in [6.07, 6.45) is 7.03. The van der Waals surface area contributed by atoms with E-state index in [0.717, 1.165) is 35.6 Å². The topological polar surface area (TPSA) is 99.1 Å². The van der Waals surface area contributed by atoms with Crippen LogP contribution in [0.4, 0.5) is 0 Å². The maximum Gasteiger partial charge on any atom is 0.338 e. The number of benzene rings is 1. The fourth-order valence-electron chi connectivity index (χ4n) is 7.00. The second-order valence-corrected chi connectivity index (χ2v) is 10.6. The summed E-state index contributed by atoms with van der Waals surface area (Å²) >= 11 is 0. The van der Waals surface area contributed by atoms with Gasteiger partial charge in [0, 0.05) is 12.0 Å². The first-order valence-corrected chi connectivity index (χ1v) is 12.9. The molecule has 8 heteroatoms. The smallest absolute Gasteiger partial charge is 0.338 e. The van der Waals surface area contributed by atoms with Crippen molar-refractivity contribution in [3.8, 4) is 6.01 Å². The lowest BCUT2D eigenvalue weighted by Crippen LogP contribution is -2.32. The van der Waals surface area contributed by atoms with Gasteiger partial charge in [-0.25, -0.2) is 9.78 Å². The third-order valence-electron chi connectivity index (χ3n) is 8.26. The average molecular weight is 477 g/mol. The molecule has 4 aliphatic carbocycles. The summed E-state index contributed by atoms with van der Waals surface area (Å²) in [7, 11) is 0. The van der Waals surface area contributed by atoms with E-state index in [1.807, 2.05) is 13.0 Å². The van der Waals surface area contributed by atoms with E-state index in [0.29, 0.717) is 29.9 Å². The first-order valence-electron chi connectivity index (χ1n) is 12.9. The normalized spacial score (nSPS) is 26.5. The minimum Gasteiger partial charge on any atom is -0.462 e. The molecule has 0 radical (unpaired) electrons. The highest BCUT2D eigenvalue weighted by Gasteiger charge is 2.57. The van der Waals surface area contributed by atoms with Crippen LogP contribution in [0.1, 0.15) is 74.1 Å². The molecule has 2 unspecified atom stereocenters. The van der Waals surface area contributed by atoms with Crippen molar-refractivity contribution in [3.05, 3.63) is 51.6 Å². The summed E-state index contributed by atoms with van der Waals surface area (Å²) in [5.41, 5.74) is 2.12. The van der Waals surface area contributed by atoms with Crippen molar-refractivity contribution in [1.82, 2.24) is 19.5 Å². The highest BCUT2D eigenvalue weighted by molar-refractivity contribution is 5.89. The van der Waals surface area contributed by atoms with Gasteiger partial charge in [0.05, 0.1) is 12.2 Å². The number of rotatable bonds is 8. The molecule has 2 heterocycles. The Morgan fingerprint density at radius 3 is 2.69 bits per heavy atom. The van der Waals surface area contributed by atoms with Crippen molar-refractivity contribution in [2.75, 3.05) is 6.61 Å². The number of carbonyl (C=O) groups excluding carboxylic acids is 1. The maximum absolute atomic E-state index is 13.4. The van der Waals surface area contributed by atoms with Gasteiger partial charge in [-0.05, 0) is 80.9 Å². The second kappa shape index (κ2) is 8.50. The fourth-order valence-corrected chi connectivity index (χ4v) is 7.00. The molecular formula is C27H32N4O4. The van der Waals surface area contributed by atoms with Gasteiger partial charge in [-0.1, -0.05) is 19.1 Å². The maximum atomic E-state index is 13.4. The molecule has 35 heavy (non-hydrogen) atoms. The van der Waals surface area contributed by atoms with Crippen LogP contribution < -0.4 is 10.3 Å². The number of fused-ring (bicyclic) bond motifs is 1. The van der Waals surface area contributed by atoms with Gasteiger partial charge in [-0.15, -0.1) is 0 Å². The summed E-state index contributed by atoms with van der Waals surface area (Å²) in [6, 6.07) is 7.39. The van der Waals surface area contributed by atoms with Crippen LogP contribution in [0.3, 0.4) is 0 Å². The molecule has 4 fully saturated rings. The highest BCUT2D eigenvalue weighted by atomic mass is 16.5. The van der Waals surface area contributed by atoms with E-state index in [2.05, 4.69) is 9.97 Å². The Balaban J connectivity index is 1.31. The second-order valence-electron chi connectivity index (χ2n) is 10.6. The first-order chi connectivity index (χ1) is 17.0. The molecule has 0 amide bonds. The molecule has 7 rings (SSSR count). The zero-order valence-electron chi connectivity index (χ0n) is 20.4. The molecule has 3 aromatic rings. The molecule has 2 atom stereocenters. The van der Waals surface area contributed by atoms with Gasteiger partial charge < -0.3 is 14.5 Å². The van der Waals surface area contributed by atoms with Gasteiger partial charge in [-0.3, -0.25) is 9.36 Å². The van der Waals surface area contributed by atoms with Crippen LogP contribution in [-0.2, 0) is 23.3 Å². The molecule has 1 aromatic carbocycles. The van der Waals surface area contributed by atoms with E-state index < -0.39 is 0 Å². The first kappa shape index (κ1) is 22.3. The Kier molecular flexibility index (Phi) is 5.42. The van der Waals surface area contributed by atoms with Crippen LogP contribution in [0.5, 0.6) is 6.01 Å². The third kappa shape index (κ3) is 3.74. The van der Waals surface area contributed by atoms with Crippen molar-refractivity contribution < 1.29 is 14.3 Å². The zero-order valence-corrected chi connectivity index (χ0v) is 20.4. The summed E-state index contributed by atoms with van der Waals surface area (Å²) in [5.74, 6) is 3.01. The van der Waals surface area contributed by atoms with Crippen molar-refractivity contribution in [2.45, 2.75) is 70.9 Å². The predicted molar refractivity (Wildman–Crippen MR) is 130 cm³/mol. The van der Waals surface area contributed by atoms with E-state index in [9.17, 15) is 9.59 Å². The Morgan fingerprint density at radius 1 is 1.17 bits per heavy atom. The van der Waals surface area contributed by atoms with Crippen LogP contribution in [0, 0.1) is 17.8 Å². The predicted octanol–water partition coefficient (Wildman–Crippen LogP) is 4.36. The van der Waals surface area contributed by atoms with E-state index in [-0.39, 0.29) is 29.6 Å². The molecule has 1 N–H and O–H groups in total. The van der Waals surface area contributed by atoms with Crippen LogP contribution in [0.15, 0.2) is 29.1 Å². The summed E-state index contributed by atoms with van der Waals surface area (Å²) in [6.45, 7) is 4.81. The number of H-pyrrole nitrogens is 1. The lowest BCUT2D eigenvalue weighted by Gasteiger charge is -2.36. The molecule has 4 saturated carbocycles. The lowest BCUT2D eigenvalue weighted by molar-refractivity contribution is 0.0526. The number of nitrogens with one attached hydrogen (secondary N) is 1. The molecule has 0 saturated heterocycles. The molecular weight excluding hydrogens is 444 g/mol. The highest BCUT2D eigenvalue weighted by Crippen LogP contribution is 2.64. The van der Waals surface area contributed by atoms with E-state index in [1.165, 1.54) is 32.1 Å². The minimum absolute atomic E-state index is 0.0772. The molecule has 0 aliphatic heterocycles. The Bertz CT molecular complexity index is 1320. The number of aromatic nitrogens is 4. The number of imidazole rings is 1. The van der Waals surface area contributed by atoms with Crippen molar-refractivity contribution in [3.63, 3.8) is 0 Å². The van der Waals surface area contributed by atoms with Gasteiger partial charge in [0.25, 0.3) is 5.56 Å². The minimum atomic E-state index is -0.366. The Morgan fingerprint density at radius 2 is 1.97 bits per heavy atom. The molecule has 4 bridgehead atoms. The molecule has 184 valence electrons. The monoisotopic (exact) mass is 476 g/mol. The van der Waals surface area contributed by atoms with Crippen LogP contribution in [0.2, 0.25) is 0 Å². The standard InChI is InChI=1S/C27H32N4O4/c1-3-8-31-23(32)21-22(29-25(28-21)27-12-17-10-19(13-27)20(11-17)14-27)30-26(31)35-15-16-6-5-7-18(9-16)24(33)34-4-2/h5-7,9,17,19-20H,3-4,8,10-15H2,1-2H3,(H,28,29). The van der Waals surface area contributed by atoms with E-state index >= 15 is 0 Å². The summed E-state index contributed by atoms with van der Waals surface area (Å²) in [5, 5.41) is 0. The van der Waals surface area contributed by atoms with Crippen molar-refractivity contribution in [2.24, 2.45) is 17.8 Å². The SMILES string of the molecule is CCCn1c(OCc2cccc(C(=O)OCC)c2)nc2nc(C34CC5CC(C3)C(C5)C4)[nH]c2c1=O. The van der Waals surface area contributed by atoms with Gasteiger partial charge in [-0.2, -0.15) is 4.98 Å².